The average Bonchev–Trinajstić information content (AvgIpc) is 2.75. The van der Waals surface area contributed by atoms with Gasteiger partial charge in [0.15, 0.2) is 5.17 Å². The van der Waals surface area contributed by atoms with Gasteiger partial charge in [-0.15, -0.1) is 0 Å². The van der Waals surface area contributed by atoms with Crippen molar-refractivity contribution in [1.82, 2.24) is 0 Å². The van der Waals surface area contributed by atoms with Gasteiger partial charge in [0, 0.05) is 22.4 Å². The molecule has 154 valence electrons. The van der Waals surface area contributed by atoms with Gasteiger partial charge in [-0.2, -0.15) is 0 Å². The van der Waals surface area contributed by atoms with Crippen molar-refractivity contribution >= 4 is 22.6 Å². The number of nitrogens with zero attached hydrogens (tertiary/aromatic N) is 1. The SMILES string of the molecule is Cc1ccc(N=C(N)SCc2cc(F)cc3c2O[C@@H](c2ccccc2)OC3)cc1C. The van der Waals surface area contributed by atoms with Crippen LogP contribution >= 0.6 is 11.8 Å². The molecule has 4 rings (SSSR count). The highest BCUT2D eigenvalue weighted by Gasteiger charge is 2.25. The molecule has 1 heterocycles. The van der Waals surface area contributed by atoms with E-state index in [-0.39, 0.29) is 12.4 Å². The molecule has 1 aliphatic heterocycles. The number of halogens is 1. The third kappa shape index (κ3) is 4.66. The van der Waals surface area contributed by atoms with Gasteiger partial charge in [0.1, 0.15) is 11.6 Å². The number of ether oxygens (including phenoxy) is 2. The molecule has 0 spiro atoms. The van der Waals surface area contributed by atoms with Crippen molar-refractivity contribution in [2.75, 3.05) is 0 Å². The number of benzene rings is 3. The lowest BCUT2D eigenvalue weighted by atomic mass is 10.1. The number of aryl methyl sites for hydroxylation is 2. The van der Waals surface area contributed by atoms with Gasteiger partial charge in [-0.25, -0.2) is 9.38 Å². The summed E-state index contributed by atoms with van der Waals surface area (Å²) in [5.74, 6) is 0.782. The fraction of sp³-hybridized carbons (Fsp3) is 0.208. The average molecular weight is 423 g/mol. The van der Waals surface area contributed by atoms with Gasteiger partial charge in [0.05, 0.1) is 12.3 Å². The van der Waals surface area contributed by atoms with Gasteiger partial charge in [0.25, 0.3) is 0 Å². The summed E-state index contributed by atoms with van der Waals surface area (Å²) >= 11 is 1.35. The lowest BCUT2D eigenvalue weighted by Crippen LogP contribution is -2.19. The van der Waals surface area contributed by atoms with Gasteiger partial charge in [-0.3, -0.25) is 0 Å². The first kappa shape index (κ1) is 20.4. The van der Waals surface area contributed by atoms with E-state index in [9.17, 15) is 4.39 Å². The molecule has 4 nitrogen and oxygen atoms in total. The molecule has 1 aliphatic rings. The first-order chi connectivity index (χ1) is 14.5. The van der Waals surface area contributed by atoms with Crippen molar-refractivity contribution < 1.29 is 13.9 Å². The van der Waals surface area contributed by atoms with E-state index in [1.54, 1.807) is 0 Å². The van der Waals surface area contributed by atoms with Crippen LogP contribution in [-0.4, -0.2) is 5.17 Å². The summed E-state index contributed by atoms with van der Waals surface area (Å²) in [6, 6.07) is 18.6. The summed E-state index contributed by atoms with van der Waals surface area (Å²) in [5, 5.41) is 0.419. The molecular weight excluding hydrogens is 399 g/mol. The fourth-order valence-electron chi connectivity index (χ4n) is 3.26. The maximum atomic E-state index is 14.1. The highest BCUT2D eigenvalue weighted by atomic mass is 32.2. The Labute approximate surface area is 179 Å². The van der Waals surface area contributed by atoms with Crippen LogP contribution in [0.4, 0.5) is 10.1 Å². The molecule has 0 saturated carbocycles. The molecule has 0 aliphatic carbocycles. The number of thioether (sulfide) groups is 1. The molecule has 3 aromatic rings. The number of rotatable bonds is 4. The Morgan fingerprint density at radius 3 is 2.67 bits per heavy atom. The first-order valence-corrected chi connectivity index (χ1v) is 10.7. The second-order valence-electron chi connectivity index (χ2n) is 7.23. The highest BCUT2D eigenvalue weighted by molar-refractivity contribution is 8.13. The molecule has 1 atom stereocenters. The minimum atomic E-state index is -0.519. The first-order valence-electron chi connectivity index (χ1n) is 9.68. The number of hydrogen-bond donors (Lipinski definition) is 1. The minimum Gasteiger partial charge on any atom is -0.460 e. The predicted octanol–water partition coefficient (Wildman–Crippen LogP) is 5.93. The van der Waals surface area contributed by atoms with Crippen LogP contribution in [0.1, 0.15) is 34.1 Å². The zero-order chi connectivity index (χ0) is 21.1. The largest absolute Gasteiger partial charge is 0.460 e. The molecular formula is C24H23FN2O2S. The van der Waals surface area contributed by atoms with Gasteiger partial charge >= 0.3 is 0 Å². The van der Waals surface area contributed by atoms with E-state index in [1.807, 2.05) is 55.5 Å². The molecule has 0 saturated heterocycles. The van der Waals surface area contributed by atoms with Crippen molar-refractivity contribution in [1.29, 1.82) is 0 Å². The number of nitrogens with two attached hydrogens (primary N) is 1. The summed E-state index contributed by atoms with van der Waals surface area (Å²) in [6.07, 6.45) is -0.519. The predicted molar refractivity (Wildman–Crippen MR) is 119 cm³/mol. The molecule has 30 heavy (non-hydrogen) atoms. The quantitative estimate of drug-likeness (QED) is 0.418. The standard InChI is InChI=1S/C24H23FN2O2S/c1-15-8-9-21(10-16(15)2)27-24(26)30-14-19-12-20(25)11-18-13-28-23(29-22(18)19)17-6-4-3-5-7-17/h3-12,23H,13-14H2,1-2H3,(H2,26,27)/t23-/m0/s1. The second kappa shape index (κ2) is 8.90. The number of hydrogen-bond acceptors (Lipinski definition) is 4. The Morgan fingerprint density at radius 2 is 1.90 bits per heavy atom. The van der Waals surface area contributed by atoms with Crippen molar-refractivity contribution in [3.63, 3.8) is 0 Å². The minimum absolute atomic E-state index is 0.288. The lowest BCUT2D eigenvalue weighted by Gasteiger charge is -2.28. The maximum Gasteiger partial charge on any atom is 0.227 e. The summed E-state index contributed by atoms with van der Waals surface area (Å²) in [4.78, 5) is 4.47. The van der Waals surface area contributed by atoms with Crippen LogP contribution in [0.25, 0.3) is 0 Å². The number of fused-ring (bicyclic) bond motifs is 1. The van der Waals surface area contributed by atoms with Gasteiger partial charge in [0.2, 0.25) is 6.29 Å². The summed E-state index contributed by atoms with van der Waals surface area (Å²) in [6.45, 7) is 4.39. The Morgan fingerprint density at radius 1 is 1.10 bits per heavy atom. The molecule has 0 fully saturated rings. The molecule has 2 N–H and O–H groups in total. The maximum absolute atomic E-state index is 14.1. The smallest absolute Gasteiger partial charge is 0.227 e. The molecule has 0 bridgehead atoms. The third-order valence-electron chi connectivity index (χ3n) is 5.00. The summed E-state index contributed by atoms with van der Waals surface area (Å²) < 4.78 is 26.0. The van der Waals surface area contributed by atoms with Gasteiger partial charge < -0.3 is 15.2 Å². The van der Waals surface area contributed by atoms with Crippen LogP contribution in [-0.2, 0) is 17.1 Å². The molecule has 3 aromatic carbocycles. The summed E-state index contributed by atoms with van der Waals surface area (Å²) in [7, 11) is 0. The van der Waals surface area contributed by atoms with E-state index >= 15 is 0 Å². The highest BCUT2D eigenvalue weighted by Crippen LogP contribution is 2.38. The van der Waals surface area contributed by atoms with Crippen LogP contribution in [0.15, 0.2) is 65.7 Å². The lowest BCUT2D eigenvalue weighted by molar-refractivity contribution is -0.112. The fourth-order valence-corrected chi connectivity index (χ4v) is 3.95. The van der Waals surface area contributed by atoms with Gasteiger partial charge in [-0.1, -0.05) is 48.2 Å². The van der Waals surface area contributed by atoms with E-state index in [1.165, 1.54) is 29.5 Å². The molecule has 0 radical (unpaired) electrons. The van der Waals surface area contributed by atoms with Gasteiger partial charge in [-0.05, 0) is 49.2 Å². The van der Waals surface area contributed by atoms with E-state index in [0.29, 0.717) is 22.2 Å². The van der Waals surface area contributed by atoms with Crippen molar-refractivity contribution in [3.05, 3.63) is 94.3 Å². The van der Waals surface area contributed by atoms with E-state index in [2.05, 4.69) is 11.9 Å². The number of amidine groups is 1. The van der Waals surface area contributed by atoms with Crippen LogP contribution in [0, 0.1) is 19.7 Å². The van der Waals surface area contributed by atoms with E-state index in [0.717, 1.165) is 22.4 Å². The normalized spacial score (nSPS) is 16.1. The summed E-state index contributed by atoms with van der Waals surface area (Å²) in [5.41, 5.74) is 11.6. The Balaban J connectivity index is 1.53. The van der Waals surface area contributed by atoms with Crippen molar-refractivity contribution in [3.8, 4) is 5.75 Å². The van der Waals surface area contributed by atoms with E-state index < -0.39 is 6.29 Å². The topological polar surface area (TPSA) is 56.8 Å². The molecule has 0 amide bonds. The third-order valence-corrected chi connectivity index (χ3v) is 5.84. The van der Waals surface area contributed by atoms with Crippen LogP contribution in [0.2, 0.25) is 0 Å². The van der Waals surface area contributed by atoms with Crippen LogP contribution < -0.4 is 10.5 Å². The Bertz CT molecular complexity index is 1090. The van der Waals surface area contributed by atoms with Crippen molar-refractivity contribution in [2.45, 2.75) is 32.5 Å². The second-order valence-corrected chi connectivity index (χ2v) is 8.23. The zero-order valence-electron chi connectivity index (χ0n) is 16.9. The number of aliphatic imine (C=N–C) groups is 1. The van der Waals surface area contributed by atoms with Crippen LogP contribution in [0.3, 0.4) is 0 Å². The molecule has 0 aromatic heterocycles. The van der Waals surface area contributed by atoms with E-state index in [4.69, 9.17) is 15.2 Å². The van der Waals surface area contributed by atoms with Crippen LogP contribution in [0.5, 0.6) is 5.75 Å². The molecule has 0 unspecified atom stereocenters. The Hall–Kier alpha value is -2.83. The monoisotopic (exact) mass is 422 g/mol. The van der Waals surface area contributed by atoms with Crippen molar-refractivity contribution in [2.24, 2.45) is 10.7 Å². The zero-order valence-corrected chi connectivity index (χ0v) is 17.7. The molecule has 6 heteroatoms. The Kier molecular flexibility index (Phi) is 6.06.